The van der Waals surface area contributed by atoms with Gasteiger partial charge in [-0.05, 0) is 60.7 Å². The largest absolute Gasteiger partial charge is 0.481 e. The second-order valence-electron chi connectivity index (χ2n) is 6.44. The summed E-state index contributed by atoms with van der Waals surface area (Å²) in [7, 11) is 0. The average Bonchev–Trinajstić information content (AvgIpc) is 3.33. The van der Waals surface area contributed by atoms with Crippen molar-refractivity contribution in [3.63, 3.8) is 0 Å². The quantitative estimate of drug-likeness (QED) is 0.695. The van der Waals surface area contributed by atoms with Crippen molar-refractivity contribution < 1.29 is 9.90 Å². The molecule has 1 aliphatic heterocycles. The third kappa shape index (κ3) is 4.60. The molecule has 0 bridgehead atoms. The number of hydrogen-bond acceptors (Lipinski definition) is 4. The molecule has 0 aliphatic carbocycles. The van der Waals surface area contributed by atoms with Gasteiger partial charge in [0.25, 0.3) is 0 Å². The Morgan fingerprint density at radius 1 is 1.36 bits per heavy atom. The van der Waals surface area contributed by atoms with Gasteiger partial charge in [-0.2, -0.15) is 0 Å². The van der Waals surface area contributed by atoms with Crippen molar-refractivity contribution in [3.8, 4) is 0 Å². The number of aryl methyl sites for hydroxylation is 1. The number of thiophene rings is 2. The van der Waals surface area contributed by atoms with E-state index in [2.05, 4.69) is 46.9 Å². The van der Waals surface area contributed by atoms with Gasteiger partial charge >= 0.3 is 5.97 Å². The van der Waals surface area contributed by atoms with Crippen LogP contribution in [-0.4, -0.2) is 35.1 Å². The molecule has 25 heavy (non-hydrogen) atoms. The van der Waals surface area contributed by atoms with Gasteiger partial charge in [-0.25, -0.2) is 0 Å². The second-order valence-corrected chi connectivity index (χ2v) is 8.31. The van der Waals surface area contributed by atoms with Gasteiger partial charge in [0.1, 0.15) is 0 Å². The summed E-state index contributed by atoms with van der Waals surface area (Å²) >= 11 is 3.61. The van der Waals surface area contributed by atoms with Crippen LogP contribution in [0.5, 0.6) is 0 Å². The molecule has 3 rings (SSSR count). The van der Waals surface area contributed by atoms with Gasteiger partial charge in [-0.3, -0.25) is 9.69 Å². The van der Waals surface area contributed by atoms with E-state index >= 15 is 0 Å². The molecular weight excluding hydrogens is 350 g/mol. The zero-order valence-electron chi connectivity index (χ0n) is 14.6. The first-order valence-corrected chi connectivity index (χ1v) is 10.7. The molecule has 3 heterocycles. The number of carboxylic acids is 1. The fourth-order valence-electron chi connectivity index (χ4n) is 3.58. The molecule has 1 fully saturated rings. The standard InChI is InChI=1S/C20H25NO2S2/c1-2-15-9-13-25-20(15)17(18-8-5-12-24-18)7-4-11-21-10-3-6-16(21)14-19(22)23/h5,7-9,12-13,16H,2-4,6,10-11,14H2,1H3,(H,22,23)/t16-/m0/s1. The van der Waals surface area contributed by atoms with Crippen LogP contribution in [0.25, 0.3) is 5.57 Å². The van der Waals surface area contributed by atoms with Crippen LogP contribution in [-0.2, 0) is 11.2 Å². The molecule has 134 valence electrons. The number of carbonyl (C=O) groups is 1. The van der Waals surface area contributed by atoms with Crippen molar-refractivity contribution in [1.29, 1.82) is 0 Å². The van der Waals surface area contributed by atoms with Crippen molar-refractivity contribution >= 4 is 34.2 Å². The van der Waals surface area contributed by atoms with E-state index in [4.69, 9.17) is 5.11 Å². The maximum Gasteiger partial charge on any atom is 0.304 e. The molecule has 1 atom stereocenters. The Labute approximate surface area is 157 Å². The molecule has 0 radical (unpaired) electrons. The van der Waals surface area contributed by atoms with E-state index in [1.807, 2.05) is 11.3 Å². The summed E-state index contributed by atoms with van der Waals surface area (Å²) in [6.45, 7) is 4.18. The minimum absolute atomic E-state index is 0.212. The molecular formula is C20H25NO2S2. The Bertz CT molecular complexity index is 718. The van der Waals surface area contributed by atoms with Crippen molar-refractivity contribution in [2.45, 2.75) is 45.1 Å². The number of nitrogens with zero attached hydrogens (tertiary/aromatic N) is 1. The SMILES string of the molecule is CCc1ccsc1C(=CCCN1CCC[C@H]1CC(=O)O)c1cccs1. The van der Waals surface area contributed by atoms with Gasteiger partial charge in [-0.1, -0.05) is 19.1 Å². The summed E-state index contributed by atoms with van der Waals surface area (Å²) in [5.41, 5.74) is 2.76. The predicted octanol–water partition coefficient (Wildman–Crippen LogP) is 5.13. The van der Waals surface area contributed by atoms with Crippen LogP contribution in [0.2, 0.25) is 0 Å². The average molecular weight is 376 g/mol. The zero-order chi connectivity index (χ0) is 17.6. The van der Waals surface area contributed by atoms with Gasteiger partial charge in [0, 0.05) is 27.9 Å². The summed E-state index contributed by atoms with van der Waals surface area (Å²) in [5, 5.41) is 13.4. The minimum Gasteiger partial charge on any atom is -0.481 e. The van der Waals surface area contributed by atoms with Crippen LogP contribution in [0.15, 0.2) is 35.0 Å². The van der Waals surface area contributed by atoms with E-state index in [0.29, 0.717) is 0 Å². The Morgan fingerprint density at radius 3 is 2.96 bits per heavy atom. The van der Waals surface area contributed by atoms with Crippen LogP contribution in [0.3, 0.4) is 0 Å². The second kappa shape index (κ2) is 8.79. The number of rotatable bonds is 8. The molecule has 1 N–H and O–H groups in total. The number of likely N-dealkylation sites (tertiary alicyclic amines) is 1. The van der Waals surface area contributed by atoms with E-state index in [-0.39, 0.29) is 12.5 Å². The van der Waals surface area contributed by atoms with Crippen LogP contribution in [0, 0.1) is 0 Å². The van der Waals surface area contributed by atoms with Gasteiger partial charge in [0.2, 0.25) is 0 Å². The predicted molar refractivity (Wildman–Crippen MR) is 107 cm³/mol. The van der Waals surface area contributed by atoms with Gasteiger partial charge in [0.15, 0.2) is 0 Å². The maximum absolute atomic E-state index is 11.0. The van der Waals surface area contributed by atoms with Gasteiger partial charge < -0.3 is 5.11 Å². The van der Waals surface area contributed by atoms with Crippen molar-refractivity contribution in [2.75, 3.05) is 13.1 Å². The molecule has 2 aromatic rings. The maximum atomic E-state index is 11.0. The lowest BCUT2D eigenvalue weighted by atomic mass is 10.1. The molecule has 5 heteroatoms. The van der Waals surface area contributed by atoms with E-state index in [0.717, 1.165) is 38.8 Å². The summed E-state index contributed by atoms with van der Waals surface area (Å²) in [5.74, 6) is -0.683. The fourth-order valence-corrected chi connectivity index (χ4v) is 5.47. The number of carboxylic acid groups (broad SMARTS) is 1. The number of aliphatic carboxylic acids is 1. The third-order valence-corrected chi connectivity index (χ3v) is 6.73. The molecule has 0 amide bonds. The highest BCUT2D eigenvalue weighted by Crippen LogP contribution is 2.34. The topological polar surface area (TPSA) is 40.5 Å². The zero-order valence-corrected chi connectivity index (χ0v) is 16.2. The normalized spacial score (nSPS) is 18.8. The first-order valence-electron chi connectivity index (χ1n) is 8.95. The molecule has 0 aromatic carbocycles. The lowest BCUT2D eigenvalue weighted by molar-refractivity contribution is -0.138. The summed E-state index contributed by atoms with van der Waals surface area (Å²) in [6.07, 6.45) is 6.77. The van der Waals surface area contributed by atoms with Crippen LogP contribution < -0.4 is 0 Å². The van der Waals surface area contributed by atoms with Crippen molar-refractivity contribution in [3.05, 3.63) is 50.4 Å². The third-order valence-electron chi connectivity index (χ3n) is 4.83. The highest BCUT2D eigenvalue weighted by molar-refractivity contribution is 7.13. The lowest BCUT2D eigenvalue weighted by Crippen LogP contribution is -2.32. The smallest absolute Gasteiger partial charge is 0.304 e. The highest BCUT2D eigenvalue weighted by atomic mass is 32.1. The molecule has 0 spiro atoms. The molecule has 1 saturated heterocycles. The first-order chi connectivity index (χ1) is 12.2. The van der Waals surface area contributed by atoms with Gasteiger partial charge in [-0.15, -0.1) is 22.7 Å². The first kappa shape index (κ1) is 18.4. The molecule has 0 unspecified atom stereocenters. The van der Waals surface area contributed by atoms with Crippen LogP contribution >= 0.6 is 22.7 Å². The van der Waals surface area contributed by atoms with Crippen LogP contribution in [0.1, 0.15) is 47.9 Å². The number of hydrogen-bond donors (Lipinski definition) is 1. The minimum atomic E-state index is -0.683. The molecule has 0 saturated carbocycles. The monoisotopic (exact) mass is 375 g/mol. The van der Waals surface area contributed by atoms with Gasteiger partial charge in [0.05, 0.1) is 6.42 Å². The molecule has 3 nitrogen and oxygen atoms in total. The molecule has 1 aliphatic rings. The molecule has 2 aromatic heterocycles. The van der Waals surface area contributed by atoms with Crippen LogP contribution in [0.4, 0.5) is 0 Å². The Hall–Kier alpha value is -1.43. The lowest BCUT2D eigenvalue weighted by Gasteiger charge is -2.22. The van der Waals surface area contributed by atoms with E-state index in [1.54, 1.807) is 11.3 Å². The Balaban J connectivity index is 1.73. The fraction of sp³-hybridized carbons (Fsp3) is 0.450. The van der Waals surface area contributed by atoms with E-state index in [9.17, 15) is 4.79 Å². The Morgan fingerprint density at radius 2 is 2.24 bits per heavy atom. The summed E-state index contributed by atoms with van der Waals surface area (Å²) in [6, 6.07) is 6.74. The van der Waals surface area contributed by atoms with E-state index < -0.39 is 5.97 Å². The van der Waals surface area contributed by atoms with E-state index in [1.165, 1.54) is 20.9 Å². The Kier molecular flexibility index (Phi) is 6.45. The highest BCUT2D eigenvalue weighted by Gasteiger charge is 2.25. The van der Waals surface area contributed by atoms with Crippen molar-refractivity contribution in [1.82, 2.24) is 4.90 Å². The van der Waals surface area contributed by atoms with Crippen molar-refractivity contribution in [2.24, 2.45) is 0 Å². The summed E-state index contributed by atoms with van der Waals surface area (Å²) in [4.78, 5) is 16.1. The summed E-state index contributed by atoms with van der Waals surface area (Å²) < 4.78 is 0.